The summed E-state index contributed by atoms with van der Waals surface area (Å²) in [6.07, 6.45) is 4.78. The van der Waals surface area contributed by atoms with E-state index in [1.807, 2.05) is 16.4 Å². The summed E-state index contributed by atoms with van der Waals surface area (Å²) in [6.45, 7) is 9.75. The first-order chi connectivity index (χ1) is 8.60. The van der Waals surface area contributed by atoms with Gasteiger partial charge in [0.05, 0.1) is 0 Å². The van der Waals surface area contributed by atoms with Gasteiger partial charge in [-0.05, 0) is 38.3 Å². The molecule has 0 radical (unpaired) electrons. The van der Waals surface area contributed by atoms with Gasteiger partial charge in [0.2, 0.25) is 0 Å². The smallest absolute Gasteiger partial charge is 0.138 e. The Balaban J connectivity index is 2.73. The molecule has 104 valence electrons. The van der Waals surface area contributed by atoms with Crippen molar-refractivity contribution in [2.24, 2.45) is 5.92 Å². The summed E-state index contributed by atoms with van der Waals surface area (Å²) in [5.41, 5.74) is 0. The van der Waals surface area contributed by atoms with E-state index >= 15 is 0 Å². The van der Waals surface area contributed by atoms with Gasteiger partial charge in [0.25, 0.3) is 0 Å². The predicted molar refractivity (Wildman–Crippen MR) is 79.1 cm³/mol. The maximum absolute atomic E-state index is 4.41. The number of nitrogens with zero attached hydrogens (tertiary/aromatic N) is 3. The molecule has 0 aliphatic heterocycles. The van der Waals surface area contributed by atoms with Gasteiger partial charge >= 0.3 is 0 Å². The van der Waals surface area contributed by atoms with Crippen molar-refractivity contribution in [3.8, 4) is 0 Å². The molecule has 5 heteroatoms. The highest BCUT2D eigenvalue weighted by Gasteiger charge is 2.19. The summed E-state index contributed by atoms with van der Waals surface area (Å²) in [4.78, 5) is 4.41. The van der Waals surface area contributed by atoms with Crippen LogP contribution in [0.4, 0.5) is 0 Å². The molecular formula is C13H26N4S. The second-order valence-corrected chi connectivity index (χ2v) is 5.93. The monoisotopic (exact) mass is 270 g/mol. The summed E-state index contributed by atoms with van der Waals surface area (Å²) < 4.78 is 2.02. The Bertz CT molecular complexity index is 337. The van der Waals surface area contributed by atoms with Crippen LogP contribution in [0.3, 0.4) is 0 Å². The summed E-state index contributed by atoms with van der Waals surface area (Å²) in [5.74, 6) is 2.90. The Kier molecular flexibility index (Phi) is 6.71. The van der Waals surface area contributed by atoms with Crippen molar-refractivity contribution in [1.29, 1.82) is 0 Å². The SMILES string of the molecule is CCNC(Cc1ncnn1C(C)C)C(C)CSC. The predicted octanol–water partition coefficient (Wildman–Crippen LogP) is 2.38. The highest BCUT2D eigenvalue weighted by Crippen LogP contribution is 2.15. The summed E-state index contributed by atoms with van der Waals surface area (Å²) in [6, 6.07) is 0.852. The number of aromatic nitrogens is 3. The molecule has 1 aromatic heterocycles. The van der Waals surface area contributed by atoms with Crippen molar-refractivity contribution in [1.82, 2.24) is 20.1 Å². The molecule has 0 fully saturated rings. The third kappa shape index (κ3) is 4.28. The average molecular weight is 270 g/mol. The fourth-order valence-electron chi connectivity index (χ4n) is 2.16. The largest absolute Gasteiger partial charge is 0.314 e. The van der Waals surface area contributed by atoms with E-state index in [1.165, 1.54) is 5.75 Å². The van der Waals surface area contributed by atoms with Gasteiger partial charge in [-0.15, -0.1) is 0 Å². The van der Waals surface area contributed by atoms with Gasteiger partial charge in [0.15, 0.2) is 0 Å². The molecule has 0 amide bonds. The van der Waals surface area contributed by atoms with E-state index < -0.39 is 0 Å². The van der Waals surface area contributed by atoms with Crippen LogP contribution in [0.25, 0.3) is 0 Å². The Hall–Kier alpha value is -0.550. The lowest BCUT2D eigenvalue weighted by Gasteiger charge is -2.24. The van der Waals surface area contributed by atoms with E-state index in [4.69, 9.17) is 0 Å². The van der Waals surface area contributed by atoms with Crippen LogP contribution in [0.15, 0.2) is 6.33 Å². The first-order valence-corrected chi connectivity index (χ1v) is 8.10. The molecule has 0 aliphatic rings. The number of hydrogen-bond donors (Lipinski definition) is 1. The minimum atomic E-state index is 0.376. The molecule has 0 bridgehead atoms. The maximum atomic E-state index is 4.41. The van der Waals surface area contributed by atoms with Gasteiger partial charge in [-0.25, -0.2) is 9.67 Å². The standard InChI is InChI=1S/C13H26N4S/c1-6-14-12(11(4)8-18-5)7-13-15-9-16-17(13)10(2)3/h9-12,14H,6-8H2,1-5H3. The van der Waals surface area contributed by atoms with Gasteiger partial charge in [0, 0.05) is 18.5 Å². The number of rotatable bonds is 8. The van der Waals surface area contributed by atoms with Crippen LogP contribution in [0.5, 0.6) is 0 Å². The van der Waals surface area contributed by atoms with E-state index in [2.05, 4.69) is 49.4 Å². The second-order valence-electron chi connectivity index (χ2n) is 5.02. The van der Waals surface area contributed by atoms with Crippen molar-refractivity contribution < 1.29 is 0 Å². The molecule has 1 N–H and O–H groups in total. The normalized spacial score (nSPS) is 15.0. The van der Waals surface area contributed by atoms with Crippen LogP contribution in [-0.2, 0) is 6.42 Å². The Labute approximate surface area is 115 Å². The highest BCUT2D eigenvalue weighted by molar-refractivity contribution is 7.98. The molecule has 0 aromatic carbocycles. The van der Waals surface area contributed by atoms with E-state index in [-0.39, 0.29) is 0 Å². The van der Waals surface area contributed by atoms with Crippen LogP contribution in [0.2, 0.25) is 0 Å². The van der Waals surface area contributed by atoms with Crippen molar-refractivity contribution in [2.45, 2.75) is 46.2 Å². The van der Waals surface area contributed by atoms with E-state index in [1.54, 1.807) is 6.33 Å². The molecule has 0 spiro atoms. The van der Waals surface area contributed by atoms with Gasteiger partial charge in [0.1, 0.15) is 12.2 Å². The summed E-state index contributed by atoms with van der Waals surface area (Å²) in [7, 11) is 0. The zero-order valence-electron chi connectivity index (χ0n) is 12.2. The minimum Gasteiger partial charge on any atom is -0.314 e. The third-order valence-electron chi connectivity index (χ3n) is 3.12. The van der Waals surface area contributed by atoms with Crippen molar-refractivity contribution in [3.05, 3.63) is 12.2 Å². The molecule has 18 heavy (non-hydrogen) atoms. The molecule has 1 rings (SSSR count). The Morgan fingerprint density at radius 3 is 2.67 bits per heavy atom. The van der Waals surface area contributed by atoms with E-state index in [9.17, 15) is 0 Å². The lowest BCUT2D eigenvalue weighted by Crippen LogP contribution is -2.38. The lowest BCUT2D eigenvalue weighted by molar-refractivity contribution is 0.388. The quantitative estimate of drug-likeness (QED) is 0.787. The lowest BCUT2D eigenvalue weighted by atomic mass is 10.00. The van der Waals surface area contributed by atoms with Crippen LogP contribution in [0, 0.1) is 5.92 Å². The van der Waals surface area contributed by atoms with Crippen LogP contribution in [-0.4, -0.2) is 39.4 Å². The maximum Gasteiger partial charge on any atom is 0.138 e. The number of hydrogen-bond acceptors (Lipinski definition) is 4. The van der Waals surface area contributed by atoms with Gasteiger partial charge < -0.3 is 5.32 Å². The first kappa shape index (κ1) is 15.5. The molecule has 1 aromatic rings. The zero-order chi connectivity index (χ0) is 13.5. The molecule has 0 saturated heterocycles. The molecular weight excluding hydrogens is 244 g/mol. The van der Waals surface area contributed by atoms with Crippen LogP contribution < -0.4 is 5.32 Å². The van der Waals surface area contributed by atoms with Crippen molar-refractivity contribution in [2.75, 3.05) is 18.6 Å². The fraction of sp³-hybridized carbons (Fsp3) is 0.846. The van der Waals surface area contributed by atoms with Gasteiger partial charge in [-0.2, -0.15) is 16.9 Å². The van der Waals surface area contributed by atoms with Crippen LogP contribution >= 0.6 is 11.8 Å². The summed E-state index contributed by atoms with van der Waals surface area (Å²) in [5, 5.41) is 7.88. The fourth-order valence-corrected chi connectivity index (χ4v) is 2.92. The number of likely N-dealkylation sites (N-methyl/N-ethyl adjacent to an activating group) is 1. The van der Waals surface area contributed by atoms with Gasteiger partial charge in [-0.3, -0.25) is 0 Å². The summed E-state index contributed by atoms with van der Waals surface area (Å²) >= 11 is 1.90. The third-order valence-corrected chi connectivity index (χ3v) is 3.98. The van der Waals surface area contributed by atoms with Crippen LogP contribution in [0.1, 0.15) is 39.6 Å². The van der Waals surface area contributed by atoms with E-state index in [0.717, 1.165) is 18.8 Å². The average Bonchev–Trinajstić information content (AvgIpc) is 2.77. The van der Waals surface area contributed by atoms with Gasteiger partial charge in [-0.1, -0.05) is 13.8 Å². The molecule has 2 unspecified atom stereocenters. The molecule has 4 nitrogen and oxygen atoms in total. The second kappa shape index (κ2) is 7.79. The Morgan fingerprint density at radius 1 is 1.39 bits per heavy atom. The molecule has 1 heterocycles. The van der Waals surface area contributed by atoms with E-state index in [0.29, 0.717) is 18.0 Å². The molecule has 0 saturated carbocycles. The first-order valence-electron chi connectivity index (χ1n) is 6.70. The van der Waals surface area contributed by atoms with Crippen molar-refractivity contribution >= 4 is 11.8 Å². The number of nitrogens with one attached hydrogen (secondary N) is 1. The molecule has 0 aliphatic carbocycles. The minimum absolute atomic E-state index is 0.376. The van der Waals surface area contributed by atoms with Crippen molar-refractivity contribution in [3.63, 3.8) is 0 Å². The Morgan fingerprint density at radius 2 is 2.11 bits per heavy atom. The highest BCUT2D eigenvalue weighted by atomic mass is 32.2. The number of thioether (sulfide) groups is 1. The topological polar surface area (TPSA) is 42.7 Å². The molecule has 2 atom stereocenters. The zero-order valence-corrected chi connectivity index (χ0v) is 13.0.